The lowest BCUT2D eigenvalue weighted by Gasteiger charge is -2.08. The number of aryl methyl sites for hydroxylation is 3. The monoisotopic (exact) mass is 318 g/mol. The third-order valence-electron chi connectivity index (χ3n) is 5.22. The molecule has 2 heterocycles. The van der Waals surface area contributed by atoms with Crippen LogP contribution in [0.4, 0.5) is 0 Å². The highest BCUT2D eigenvalue weighted by atomic mass is 16.5. The molecule has 0 N–H and O–H groups in total. The SMILES string of the molecule is Cc1cc(C)c(-n2c[n+]3c(n2)O[C@@H]2Cc4ccccc4[C@@H]23)c(C)c1. The van der Waals surface area contributed by atoms with Gasteiger partial charge in [0.1, 0.15) is 17.8 Å². The van der Waals surface area contributed by atoms with E-state index in [0.717, 1.165) is 18.1 Å². The van der Waals surface area contributed by atoms with Crippen molar-refractivity contribution in [1.82, 2.24) is 9.78 Å². The zero-order valence-corrected chi connectivity index (χ0v) is 14.2. The van der Waals surface area contributed by atoms with Crippen LogP contribution in [0.25, 0.3) is 5.69 Å². The summed E-state index contributed by atoms with van der Waals surface area (Å²) in [6, 6.07) is 14.0. The van der Waals surface area contributed by atoms with Crippen LogP contribution in [0.5, 0.6) is 6.01 Å². The van der Waals surface area contributed by atoms with E-state index >= 15 is 0 Å². The summed E-state index contributed by atoms with van der Waals surface area (Å²) in [5, 5.41) is 4.73. The molecule has 24 heavy (non-hydrogen) atoms. The minimum atomic E-state index is 0.180. The molecule has 3 aromatic rings. The summed E-state index contributed by atoms with van der Waals surface area (Å²) in [4.78, 5) is 0. The summed E-state index contributed by atoms with van der Waals surface area (Å²) < 4.78 is 10.3. The van der Waals surface area contributed by atoms with E-state index in [1.165, 1.54) is 27.8 Å². The molecule has 0 radical (unpaired) electrons. The maximum absolute atomic E-state index is 6.15. The van der Waals surface area contributed by atoms with Crippen molar-refractivity contribution in [3.05, 3.63) is 70.5 Å². The molecule has 0 amide bonds. The summed E-state index contributed by atoms with van der Waals surface area (Å²) in [5.41, 5.74) is 7.65. The molecule has 2 aromatic carbocycles. The molecule has 120 valence electrons. The molecule has 0 saturated heterocycles. The normalized spacial score (nSPS) is 20.5. The average Bonchev–Trinajstić information content (AvgIpc) is 3.14. The summed E-state index contributed by atoms with van der Waals surface area (Å²) >= 11 is 0. The minimum Gasteiger partial charge on any atom is -0.431 e. The third kappa shape index (κ3) is 1.80. The Labute approximate surface area is 141 Å². The largest absolute Gasteiger partial charge is 0.469 e. The molecular formula is C20H20N3O+. The van der Waals surface area contributed by atoms with Gasteiger partial charge in [0.15, 0.2) is 0 Å². The predicted octanol–water partition coefficient (Wildman–Crippen LogP) is 2.99. The fourth-order valence-electron chi connectivity index (χ4n) is 4.36. The number of rotatable bonds is 1. The van der Waals surface area contributed by atoms with Gasteiger partial charge in [0, 0.05) is 6.42 Å². The quantitative estimate of drug-likeness (QED) is 0.646. The molecule has 0 unspecified atom stereocenters. The average molecular weight is 318 g/mol. The Morgan fingerprint density at radius 2 is 1.88 bits per heavy atom. The number of ether oxygens (including phenoxy) is 1. The van der Waals surface area contributed by atoms with Crippen molar-refractivity contribution in [1.29, 1.82) is 0 Å². The molecular weight excluding hydrogens is 298 g/mol. The smallest absolute Gasteiger partial charge is 0.431 e. The Bertz CT molecular complexity index is 950. The van der Waals surface area contributed by atoms with E-state index in [-0.39, 0.29) is 12.1 Å². The van der Waals surface area contributed by atoms with Crippen LogP contribution in [0.2, 0.25) is 0 Å². The summed E-state index contributed by atoms with van der Waals surface area (Å²) in [7, 11) is 0. The van der Waals surface area contributed by atoms with Crippen LogP contribution in [0.1, 0.15) is 33.9 Å². The standard InChI is InChI=1S/C20H20N3O/c1-12-8-13(2)18(14(3)9-12)23-11-22-19-16-7-5-4-6-15(16)10-17(19)24-20(22)21-23/h4-9,11,17,19H,10H2,1-3H3/q+1/t17-,19+/m1/s1. The molecule has 4 heteroatoms. The van der Waals surface area contributed by atoms with Crippen molar-refractivity contribution in [2.75, 3.05) is 0 Å². The van der Waals surface area contributed by atoms with E-state index < -0.39 is 0 Å². The van der Waals surface area contributed by atoms with E-state index in [1.54, 1.807) is 0 Å². The Kier molecular flexibility index (Phi) is 2.70. The molecule has 0 spiro atoms. The number of aromatic nitrogens is 3. The van der Waals surface area contributed by atoms with Crippen LogP contribution in [0.15, 0.2) is 42.7 Å². The number of fused-ring (bicyclic) bond motifs is 5. The second kappa shape index (κ2) is 4.69. The van der Waals surface area contributed by atoms with Crippen molar-refractivity contribution >= 4 is 0 Å². The van der Waals surface area contributed by atoms with E-state index in [2.05, 4.69) is 68.1 Å². The number of nitrogens with zero attached hydrogens (tertiary/aromatic N) is 3. The van der Waals surface area contributed by atoms with Crippen LogP contribution in [0.3, 0.4) is 0 Å². The predicted molar refractivity (Wildman–Crippen MR) is 90.7 cm³/mol. The highest BCUT2D eigenvalue weighted by Gasteiger charge is 2.47. The zero-order valence-electron chi connectivity index (χ0n) is 14.2. The lowest BCUT2D eigenvalue weighted by atomic mass is 10.1. The van der Waals surface area contributed by atoms with Gasteiger partial charge in [-0.2, -0.15) is 4.57 Å². The molecule has 2 atom stereocenters. The van der Waals surface area contributed by atoms with Gasteiger partial charge in [0.25, 0.3) is 0 Å². The van der Waals surface area contributed by atoms with Gasteiger partial charge in [-0.3, -0.25) is 0 Å². The van der Waals surface area contributed by atoms with Crippen molar-refractivity contribution < 1.29 is 9.30 Å². The van der Waals surface area contributed by atoms with Gasteiger partial charge in [0.05, 0.1) is 5.10 Å². The molecule has 0 fully saturated rings. The highest BCUT2D eigenvalue weighted by Crippen LogP contribution is 2.37. The maximum Gasteiger partial charge on any atom is 0.469 e. The van der Waals surface area contributed by atoms with Crippen LogP contribution < -0.4 is 9.30 Å². The lowest BCUT2D eigenvalue weighted by molar-refractivity contribution is -0.698. The van der Waals surface area contributed by atoms with Crippen molar-refractivity contribution in [2.24, 2.45) is 0 Å². The van der Waals surface area contributed by atoms with Gasteiger partial charge < -0.3 is 4.74 Å². The molecule has 0 bridgehead atoms. The Morgan fingerprint density at radius 3 is 2.67 bits per heavy atom. The van der Waals surface area contributed by atoms with Crippen molar-refractivity contribution in [2.45, 2.75) is 39.3 Å². The highest BCUT2D eigenvalue weighted by molar-refractivity contribution is 5.48. The number of benzene rings is 2. The Balaban J connectivity index is 1.63. The first kappa shape index (κ1) is 13.8. The second-order valence-corrected chi connectivity index (χ2v) is 7.00. The molecule has 1 aliphatic carbocycles. The summed E-state index contributed by atoms with van der Waals surface area (Å²) in [5.74, 6) is 0. The van der Waals surface area contributed by atoms with Gasteiger partial charge in [0.2, 0.25) is 6.33 Å². The van der Waals surface area contributed by atoms with Crippen LogP contribution in [-0.2, 0) is 6.42 Å². The molecule has 5 rings (SSSR count). The molecule has 1 aromatic heterocycles. The van der Waals surface area contributed by atoms with Crippen LogP contribution in [-0.4, -0.2) is 15.9 Å². The lowest BCUT2D eigenvalue weighted by Crippen LogP contribution is -2.37. The third-order valence-corrected chi connectivity index (χ3v) is 5.22. The van der Waals surface area contributed by atoms with Gasteiger partial charge in [-0.25, -0.2) is 0 Å². The molecule has 2 aliphatic rings. The topological polar surface area (TPSA) is 30.9 Å². The van der Waals surface area contributed by atoms with E-state index in [9.17, 15) is 0 Å². The summed E-state index contributed by atoms with van der Waals surface area (Å²) in [6.07, 6.45) is 3.24. The maximum atomic E-state index is 6.15. The fourth-order valence-corrected chi connectivity index (χ4v) is 4.36. The van der Waals surface area contributed by atoms with Crippen LogP contribution in [0, 0.1) is 20.8 Å². The van der Waals surface area contributed by atoms with Gasteiger partial charge in [-0.15, -0.1) is 0 Å². The molecule has 0 saturated carbocycles. The Hall–Kier alpha value is -2.62. The summed E-state index contributed by atoms with van der Waals surface area (Å²) in [6.45, 7) is 6.41. The fraction of sp³-hybridized carbons (Fsp3) is 0.300. The second-order valence-electron chi connectivity index (χ2n) is 7.00. The van der Waals surface area contributed by atoms with E-state index in [0.29, 0.717) is 0 Å². The van der Waals surface area contributed by atoms with E-state index in [1.807, 2.05) is 4.68 Å². The van der Waals surface area contributed by atoms with Gasteiger partial charge in [-0.1, -0.05) is 46.6 Å². The first-order valence-corrected chi connectivity index (χ1v) is 8.45. The van der Waals surface area contributed by atoms with E-state index in [4.69, 9.17) is 9.84 Å². The minimum absolute atomic E-state index is 0.180. The van der Waals surface area contributed by atoms with Crippen molar-refractivity contribution in [3.8, 4) is 11.7 Å². The molecule has 4 nitrogen and oxygen atoms in total. The Morgan fingerprint density at radius 1 is 1.12 bits per heavy atom. The van der Waals surface area contributed by atoms with Gasteiger partial charge in [-0.05, 0) is 43.0 Å². The first-order chi connectivity index (χ1) is 11.6. The number of hydrogen-bond acceptors (Lipinski definition) is 2. The number of hydrogen-bond donors (Lipinski definition) is 0. The first-order valence-electron chi connectivity index (χ1n) is 8.45. The van der Waals surface area contributed by atoms with Crippen LogP contribution >= 0.6 is 0 Å². The van der Waals surface area contributed by atoms with Crippen molar-refractivity contribution in [3.63, 3.8) is 0 Å². The zero-order chi connectivity index (χ0) is 16.4. The molecule has 1 aliphatic heterocycles. The van der Waals surface area contributed by atoms with Gasteiger partial charge >= 0.3 is 6.01 Å².